The molecule has 1 aromatic heterocycles. The average Bonchev–Trinajstić information content (AvgIpc) is 3.07. The van der Waals surface area contributed by atoms with Crippen LogP contribution in [0.5, 0.6) is 0 Å². The monoisotopic (exact) mass is 333 g/mol. The summed E-state index contributed by atoms with van der Waals surface area (Å²) in [4.78, 5) is 24.6. The Bertz CT molecular complexity index is 709. The molecule has 1 fully saturated rings. The van der Waals surface area contributed by atoms with E-state index in [4.69, 9.17) is 0 Å². The number of nitrogens with zero attached hydrogens (tertiary/aromatic N) is 1. The van der Waals surface area contributed by atoms with E-state index in [1.807, 2.05) is 30.3 Å². The van der Waals surface area contributed by atoms with Crippen molar-refractivity contribution in [2.75, 3.05) is 18.4 Å². The number of carbonyl (C=O) groups excluding carboxylic acids is 1. The maximum Gasteiger partial charge on any atom is 0.274 e. The molecular weight excluding hydrogens is 314 g/mol. The summed E-state index contributed by atoms with van der Waals surface area (Å²) in [7, 11) is 0. The molecule has 122 valence electrons. The van der Waals surface area contributed by atoms with E-state index in [9.17, 15) is 9.59 Å². The summed E-state index contributed by atoms with van der Waals surface area (Å²) in [6.45, 7) is 2.02. The third kappa shape index (κ3) is 4.21. The lowest BCUT2D eigenvalue weighted by molar-refractivity contribution is -0.119. The normalized spacial score (nSPS) is 16.6. The van der Waals surface area contributed by atoms with Gasteiger partial charge in [-0.1, -0.05) is 30.3 Å². The summed E-state index contributed by atoms with van der Waals surface area (Å²) >= 11 is 0. The van der Waals surface area contributed by atoms with Crippen LogP contribution >= 0.6 is 12.4 Å². The Labute approximate surface area is 141 Å². The Kier molecular flexibility index (Phi) is 5.96. The number of hydrogen-bond donors (Lipinski definition) is 2. The van der Waals surface area contributed by atoms with E-state index in [2.05, 4.69) is 10.6 Å². The zero-order chi connectivity index (χ0) is 15.4. The Hall–Kier alpha value is -2.11. The van der Waals surface area contributed by atoms with Gasteiger partial charge in [0.2, 0.25) is 5.91 Å². The minimum absolute atomic E-state index is 0. The number of benzene rings is 1. The Balaban J connectivity index is 0.00000192. The van der Waals surface area contributed by atoms with E-state index < -0.39 is 0 Å². The van der Waals surface area contributed by atoms with Gasteiger partial charge in [-0.25, -0.2) is 0 Å². The molecule has 1 unspecified atom stereocenters. The predicted octanol–water partition coefficient (Wildman–Crippen LogP) is 1.87. The molecule has 23 heavy (non-hydrogen) atoms. The van der Waals surface area contributed by atoms with Crippen LogP contribution in [0.15, 0.2) is 53.5 Å². The highest BCUT2D eigenvalue weighted by Crippen LogP contribution is 2.11. The van der Waals surface area contributed by atoms with Gasteiger partial charge in [-0.3, -0.25) is 9.59 Å². The molecule has 2 heterocycles. The second-order valence-electron chi connectivity index (χ2n) is 5.52. The van der Waals surface area contributed by atoms with Crippen LogP contribution in [-0.2, 0) is 11.3 Å². The number of rotatable bonds is 4. The maximum atomic E-state index is 12.5. The second-order valence-corrected chi connectivity index (χ2v) is 5.52. The van der Waals surface area contributed by atoms with Crippen molar-refractivity contribution in [3.8, 4) is 0 Å². The van der Waals surface area contributed by atoms with Gasteiger partial charge >= 0.3 is 0 Å². The molecule has 1 amide bonds. The first-order valence-electron chi connectivity index (χ1n) is 7.49. The lowest BCUT2D eigenvalue weighted by Crippen LogP contribution is -2.30. The fraction of sp³-hybridized carbons (Fsp3) is 0.294. The largest absolute Gasteiger partial charge is 0.321 e. The van der Waals surface area contributed by atoms with Crippen molar-refractivity contribution in [2.45, 2.75) is 13.0 Å². The number of anilines is 1. The first kappa shape index (κ1) is 17.2. The molecule has 2 aromatic rings. The number of pyridine rings is 1. The van der Waals surface area contributed by atoms with Crippen molar-refractivity contribution in [1.82, 2.24) is 9.88 Å². The van der Waals surface area contributed by atoms with Crippen molar-refractivity contribution in [1.29, 1.82) is 0 Å². The van der Waals surface area contributed by atoms with Gasteiger partial charge in [-0.05, 0) is 30.7 Å². The van der Waals surface area contributed by atoms with Crippen LogP contribution in [0.25, 0.3) is 0 Å². The lowest BCUT2D eigenvalue weighted by Gasteiger charge is -2.11. The van der Waals surface area contributed by atoms with Gasteiger partial charge in [-0.2, -0.15) is 0 Å². The van der Waals surface area contributed by atoms with Gasteiger partial charge in [0.25, 0.3) is 5.56 Å². The zero-order valence-electron chi connectivity index (χ0n) is 12.7. The van der Waals surface area contributed by atoms with Crippen LogP contribution in [0, 0.1) is 5.92 Å². The van der Waals surface area contributed by atoms with Crippen LogP contribution in [0.3, 0.4) is 0 Å². The SMILES string of the molecule is Cl.O=C(Nc1cccn(Cc2ccccc2)c1=O)C1CCNC1. The summed E-state index contributed by atoms with van der Waals surface area (Å²) in [5.41, 5.74) is 1.22. The highest BCUT2D eigenvalue weighted by Gasteiger charge is 2.23. The lowest BCUT2D eigenvalue weighted by atomic mass is 10.1. The molecule has 1 aliphatic heterocycles. The second kappa shape index (κ2) is 7.94. The molecule has 5 nitrogen and oxygen atoms in total. The standard InChI is InChI=1S/C17H19N3O2.ClH/c21-16(14-8-9-18-11-14)19-15-7-4-10-20(17(15)22)12-13-5-2-1-3-6-13;/h1-7,10,14,18H,8-9,11-12H2,(H,19,21);1H. The molecule has 0 aliphatic carbocycles. The predicted molar refractivity (Wildman–Crippen MR) is 93.1 cm³/mol. The third-order valence-electron chi connectivity index (χ3n) is 3.90. The molecule has 0 spiro atoms. The first-order valence-corrected chi connectivity index (χ1v) is 7.49. The van der Waals surface area contributed by atoms with Crippen molar-refractivity contribution < 1.29 is 4.79 Å². The van der Waals surface area contributed by atoms with Crippen LogP contribution in [0.4, 0.5) is 5.69 Å². The maximum absolute atomic E-state index is 12.5. The first-order chi connectivity index (χ1) is 10.7. The molecule has 0 bridgehead atoms. The molecule has 6 heteroatoms. The van der Waals surface area contributed by atoms with Gasteiger partial charge in [0.15, 0.2) is 0 Å². The van der Waals surface area contributed by atoms with Gasteiger partial charge in [-0.15, -0.1) is 12.4 Å². The van der Waals surface area contributed by atoms with E-state index in [1.54, 1.807) is 22.9 Å². The van der Waals surface area contributed by atoms with E-state index in [-0.39, 0.29) is 29.8 Å². The molecule has 1 atom stereocenters. The van der Waals surface area contributed by atoms with E-state index in [0.717, 1.165) is 18.5 Å². The summed E-state index contributed by atoms with van der Waals surface area (Å²) in [6.07, 6.45) is 2.55. The van der Waals surface area contributed by atoms with Gasteiger partial charge < -0.3 is 15.2 Å². The molecule has 3 rings (SSSR count). The van der Waals surface area contributed by atoms with Crippen LogP contribution in [0.2, 0.25) is 0 Å². The minimum atomic E-state index is -0.175. The van der Waals surface area contributed by atoms with Crippen molar-refractivity contribution in [3.05, 3.63) is 64.6 Å². The number of aromatic nitrogens is 1. The van der Waals surface area contributed by atoms with E-state index >= 15 is 0 Å². The average molecular weight is 334 g/mol. The topological polar surface area (TPSA) is 63.1 Å². The van der Waals surface area contributed by atoms with Crippen molar-refractivity contribution in [2.24, 2.45) is 5.92 Å². The fourth-order valence-corrected chi connectivity index (χ4v) is 2.65. The van der Waals surface area contributed by atoms with E-state index in [1.165, 1.54) is 0 Å². The van der Waals surface area contributed by atoms with Crippen LogP contribution in [-0.4, -0.2) is 23.6 Å². The molecule has 0 radical (unpaired) electrons. The number of carbonyl (C=O) groups is 1. The Morgan fingerprint density at radius 1 is 1.22 bits per heavy atom. The van der Waals surface area contributed by atoms with Gasteiger partial charge in [0.05, 0.1) is 12.5 Å². The Morgan fingerprint density at radius 3 is 2.70 bits per heavy atom. The van der Waals surface area contributed by atoms with Gasteiger partial charge in [0, 0.05) is 12.7 Å². The quantitative estimate of drug-likeness (QED) is 0.897. The molecule has 0 saturated carbocycles. The molecular formula is C17H20ClN3O2. The molecule has 1 aromatic carbocycles. The summed E-state index contributed by atoms with van der Waals surface area (Å²) in [5.74, 6) is -0.137. The Morgan fingerprint density at radius 2 is 2.00 bits per heavy atom. The van der Waals surface area contributed by atoms with Crippen molar-refractivity contribution in [3.63, 3.8) is 0 Å². The van der Waals surface area contributed by atoms with E-state index in [0.29, 0.717) is 18.8 Å². The van der Waals surface area contributed by atoms with Gasteiger partial charge in [0.1, 0.15) is 5.69 Å². The smallest absolute Gasteiger partial charge is 0.274 e. The number of amides is 1. The number of hydrogen-bond acceptors (Lipinski definition) is 3. The summed E-state index contributed by atoms with van der Waals surface area (Å²) in [6, 6.07) is 13.2. The fourth-order valence-electron chi connectivity index (χ4n) is 2.65. The molecule has 1 saturated heterocycles. The molecule has 1 aliphatic rings. The third-order valence-corrected chi connectivity index (χ3v) is 3.90. The molecule has 2 N–H and O–H groups in total. The number of nitrogens with one attached hydrogen (secondary N) is 2. The highest BCUT2D eigenvalue weighted by molar-refractivity contribution is 5.92. The van der Waals surface area contributed by atoms with Crippen LogP contribution < -0.4 is 16.2 Å². The van der Waals surface area contributed by atoms with Crippen LogP contribution in [0.1, 0.15) is 12.0 Å². The van der Waals surface area contributed by atoms with Crippen molar-refractivity contribution >= 4 is 24.0 Å². The zero-order valence-corrected chi connectivity index (χ0v) is 13.5. The summed E-state index contributed by atoms with van der Waals surface area (Å²) in [5, 5.41) is 5.92. The highest BCUT2D eigenvalue weighted by atomic mass is 35.5. The minimum Gasteiger partial charge on any atom is -0.321 e. The summed E-state index contributed by atoms with van der Waals surface area (Å²) < 4.78 is 1.61. The number of halogens is 1.